The van der Waals surface area contributed by atoms with Gasteiger partial charge in [0, 0.05) is 18.8 Å². The van der Waals surface area contributed by atoms with Crippen LogP contribution >= 0.6 is 0 Å². The molecule has 0 aromatic heterocycles. The van der Waals surface area contributed by atoms with Gasteiger partial charge in [-0.2, -0.15) is 0 Å². The summed E-state index contributed by atoms with van der Waals surface area (Å²) < 4.78 is 12.0. The van der Waals surface area contributed by atoms with Crippen LogP contribution in [0.3, 0.4) is 0 Å². The third-order valence-corrected chi connectivity index (χ3v) is 7.02. The number of nitrogens with zero attached hydrogens (tertiary/aromatic N) is 2. The Morgan fingerprint density at radius 2 is 1.84 bits per heavy atom. The summed E-state index contributed by atoms with van der Waals surface area (Å²) in [5.74, 6) is 0.214. The average Bonchev–Trinajstić information content (AvgIpc) is 3.38. The van der Waals surface area contributed by atoms with Crippen LogP contribution in [0.4, 0.5) is 4.79 Å². The first-order valence-corrected chi connectivity index (χ1v) is 12.6. The van der Waals surface area contributed by atoms with E-state index < -0.39 is 5.97 Å². The molecule has 3 atom stereocenters. The quantitative estimate of drug-likeness (QED) is 0.419. The number of carboxylic acids is 1. The van der Waals surface area contributed by atoms with Gasteiger partial charge in [0.05, 0.1) is 30.9 Å². The van der Waals surface area contributed by atoms with Crippen molar-refractivity contribution in [3.8, 4) is 11.5 Å². The standard InChI is InChI=1S/C30H31N3O5/c1-19-29(22-9-5-4-6-10-22)38-30(36)33(19)17-24-16-23(26-18-32(3)20(2)31-26)12-13-27(24)37-25-11-7-8-21(14-25)15-28(34)35/h4-14,16,18-20,29,31H,15,17H2,1-3H3,(H,34,35)/t19-,20?,29-/m0/s1. The number of hydrogen-bond acceptors (Lipinski definition) is 6. The van der Waals surface area contributed by atoms with Crippen LogP contribution in [0.5, 0.6) is 11.5 Å². The summed E-state index contributed by atoms with van der Waals surface area (Å²) in [4.78, 5) is 28.0. The third-order valence-electron chi connectivity index (χ3n) is 7.02. The Morgan fingerprint density at radius 1 is 1.05 bits per heavy atom. The molecule has 0 saturated carbocycles. The molecule has 38 heavy (non-hydrogen) atoms. The van der Waals surface area contributed by atoms with E-state index in [1.54, 1.807) is 29.2 Å². The fraction of sp³-hybridized carbons (Fsp3) is 0.267. The normalized spacial score (nSPS) is 20.7. The number of hydrogen-bond donors (Lipinski definition) is 2. The molecule has 8 nitrogen and oxygen atoms in total. The molecule has 1 unspecified atom stereocenters. The van der Waals surface area contributed by atoms with Gasteiger partial charge < -0.3 is 24.8 Å². The highest BCUT2D eigenvalue weighted by Gasteiger charge is 2.40. The summed E-state index contributed by atoms with van der Waals surface area (Å²) in [5.41, 5.74) is 4.37. The van der Waals surface area contributed by atoms with Gasteiger partial charge in [0.25, 0.3) is 0 Å². The Balaban J connectivity index is 1.46. The number of cyclic esters (lactones) is 1. The molecule has 0 radical (unpaired) electrons. The smallest absolute Gasteiger partial charge is 0.411 e. The Morgan fingerprint density at radius 3 is 2.55 bits per heavy atom. The van der Waals surface area contributed by atoms with Gasteiger partial charge in [-0.15, -0.1) is 0 Å². The molecule has 2 aliphatic rings. The van der Waals surface area contributed by atoms with Crippen molar-refractivity contribution in [2.45, 2.75) is 45.1 Å². The van der Waals surface area contributed by atoms with Gasteiger partial charge in [-0.25, -0.2) is 4.79 Å². The minimum absolute atomic E-state index is 0.0907. The van der Waals surface area contributed by atoms with Crippen molar-refractivity contribution < 1.29 is 24.2 Å². The SMILES string of the molecule is CC1NC(c2ccc(Oc3cccc(CC(=O)O)c3)c(CN3C(=O)O[C@H](c4ccccc4)[C@@H]3C)c2)=CN1C. The van der Waals surface area contributed by atoms with E-state index in [2.05, 4.69) is 23.3 Å². The van der Waals surface area contributed by atoms with Crippen molar-refractivity contribution in [2.24, 2.45) is 0 Å². The first kappa shape index (κ1) is 25.2. The van der Waals surface area contributed by atoms with E-state index >= 15 is 0 Å². The van der Waals surface area contributed by atoms with Crippen molar-refractivity contribution in [1.82, 2.24) is 15.1 Å². The molecule has 3 aromatic carbocycles. The summed E-state index contributed by atoms with van der Waals surface area (Å²) in [6.07, 6.45) is 1.39. The minimum Gasteiger partial charge on any atom is -0.481 e. The zero-order valence-electron chi connectivity index (χ0n) is 21.6. The summed E-state index contributed by atoms with van der Waals surface area (Å²) >= 11 is 0. The van der Waals surface area contributed by atoms with Crippen molar-refractivity contribution in [1.29, 1.82) is 0 Å². The molecule has 1 saturated heterocycles. The van der Waals surface area contributed by atoms with Gasteiger partial charge in [-0.3, -0.25) is 9.69 Å². The van der Waals surface area contributed by atoms with E-state index in [0.717, 1.165) is 22.4 Å². The Hall–Kier alpha value is -4.46. The monoisotopic (exact) mass is 513 g/mol. The lowest BCUT2D eigenvalue weighted by atomic mass is 10.0. The zero-order chi connectivity index (χ0) is 26.8. The van der Waals surface area contributed by atoms with E-state index in [9.17, 15) is 14.7 Å². The van der Waals surface area contributed by atoms with Gasteiger partial charge in [-0.05, 0) is 60.9 Å². The molecule has 0 bridgehead atoms. The fourth-order valence-electron chi connectivity index (χ4n) is 4.81. The highest BCUT2D eigenvalue weighted by atomic mass is 16.6. The van der Waals surface area contributed by atoms with Crippen LogP contribution in [0.1, 0.15) is 42.2 Å². The summed E-state index contributed by atoms with van der Waals surface area (Å²) in [6, 6.07) is 22.5. The predicted octanol–water partition coefficient (Wildman–Crippen LogP) is 5.37. The molecule has 8 heteroatoms. The van der Waals surface area contributed by atoms with E-state index in [0.29, 0.717) is 23.6 Å². The molecule has 2 aliphatic heterocycles. The number of carboxylic acid groups (broad SMARTS) is 1. The number of amides is 1. The van der Waals surface area contributed by atoms with Gasteiger partial charge in [0.1, 0.15) is 17.6 Å². The summed E-state index contributed by atoms with van der Waals surface area (Å²) in [5, 5.41) is 12.6. The van der Waals surface area contributed by atoms with E-state index in [1.165, 1.54) is 0 Å². The van der Waals surface area contributed by atoms with Crippen LogP contribution in [-0.2, 0) is 22.5 Å². The maximum atomic E-state index is 13.0. The van der Waals surface area contributed by atoms with Crippen molar-refractivity contribution in [3.63, 3.8) is 0 Å². The van der Waals surface area contributed by atoms with Crippen LogP contribution in [0, 0.1) is 0 Å². The second-order valence-corrected chi connectivity index (χ2v) is 9.75. The topological polar surface area (TPSA) is 91.3 Å². The molecular formula is C30H31N3O5. The van der Waals surface area contributed by atoms with E-state index in [4.69, 9.17) is 9.47 Å². The number of ether oxygens (including phenoxy) is 2. The largest absolute Gasteiger partial charge is 0.481 e. The third kappa shape index (κ3) is 5.29. The first-order valence-electron chi connectivity index (χ1n) is 12.6. The average molecular weight is 514 g/mol. The van der Waals surface area contributed by atoms with Gasteiger partial charge >= 0.3 is 12.1 Å². The molecule has 0 aliphatic carbocycles. The number of nitrogens with one attached hydrogen (secondary N) is 1. The molecule has 1 amide bonds. The van der Waals surface area contributed by atoms with Crippen molar-refractivity contribution in [3.05, 3.63) is 101 Å². The number of rotatable bonds is 8. The Labute approximate surface area is 222 Å². The van der Waals surface area contributed by atoms with E-state index in [-0.39, 0.29) is 30.8 Å². The fourth-order valence-corrected chi connectivity index (χ4v) is 4.81. The zero-order valence-corrected chi connectivity index (χ0v) is 21.6. The molecule has 3 aromatic rings. The van der Waals surface area contributed by atoms with Crippen LogP contribution in [0.15, 0.2) is 79.0 Å². The molecule has 2 heterocycles. The number of carbonyl (C=O) groups excluding carboxylic acids is 1. The summed E-state index contributed by atoms with van der Waals surface area (Å²) in [6.45, 7) is 4.36. The van der Waals surface area contributed by atoms with Crippen LogP contribution < -0.4 is 10.1 Å². The molecule has 1 fully saturated rings. The number of carbonyl (C=O) groups is 2. The number of benzene rings is 3. The lowest BCUT2D eigenvalue weighted by Gasteiger charge is -2.23. The maximum Gasteiger partial charge on any atom is 0.411 e. The lowest BCUT2D eigenvalue weighted by Crippen LogP contribution is -2.31. The lowest BCUT2D eigenvalue weighted by molar-refractivity contribution is -0.136. The molecular weight excluding hydrogens is 482 g/mol. The molecule has 196 valence electrons. The van der Waals surface area contributed by atoms with Crippen LogP contribution in [0.25, 0.3) is 5.70 Å². The van der Waals surface area contributed by atoms with E-state index in [1.807, 2.05) is 62.5 Å². The minimum atomic E-state index is -0.904. The molecule has 0 spiro atoms. The highest BCUT2D eigenvalue weighted by Crippen LogP contribution is 2.36. The second kappa shape index (κ2) is 10.5. The van der Waals surface area contributed by atoms with Crippen LogP contribution in [-0.4, -0.2) is 46.2 Å². The van der Waals surface area contributed by atoms with Crippen molar-refractivity contribution in [2.75, 3.05) is 7.05 Å². The van der Waals surface area contributed by atoms with Crippen LogP contribution in [0.2, 0.25) is 0 Å². The first-order chi connectivity index (χ1) is 18.3. The summed E-state index contributed by atoms with van der Waals surface area (Å²) in [7, 11) is 2.01. The highest BCUT2D eigenvalue weighted by molar-refractivity contribution is 5.72. The van der Waals surface area contributed by atoms with Gasteiger partial charge in [0.15, 0.2) is 0 Å². The van der Waals surface area contributed by atoms with Gasteiger partial charge in [-0.1, -0.05) is 42.5 Å². The van der Waals surface area contributed by atoms with Crippen molar-refractivity contribution >= 4 is 17.8 Å². The molecule has 2 N–H and O–H groups in total. The maximum absolute atomic E-state index is 13.0. The second-order valence-electron chi connectivity index (χ2n) is 9.75. The van der Waals surface area contributed by atoms with Gasteiger partial charge in [0.2, 0.25) is 0 Å². The predicted molar refractivity (Wildman–Crippen MR) is 143 cm³/mol. The Bertz CT molecular complexity index is 1370. The molecule has 5 rings (SSSR count). The number of aliphatic carboxylic acids is 1. The Kier molecular flexibility index (Phi) is 6.96.